The van der Waals surface area contributed by atoms with Crippen molar-refractivity contribution in [3.8, 4) is 33.8 Å². The molecule has 0 saturated heterocycles. The Hall–Kier alpha value is -7.52. The van der Waals surface area contributed by atoms with Crippen LogP contribution in [0, 0.1) is 0 Å². The summed E-state index contributed by atoms with van der Waals surface area (Å²) in [5, 5.41) is 5.20. The zero-order valence-electron chi connectivity index (χ0n) is 35.0. The van der Waals surface area contributed by atoms with Gasteiger partial charge in [-0.1, -0.05) is 194 Å². The maximum atomic E-state index is 6.77. The van der Waals surface area contributed by atoms with E-state index in [4.69, 9.17) is 4.74 Å². The van der Waals surface area contributed by atoms with Gasteiger partial charge >= 0.3 is 0 Å². The fourth-order valence-corrected chi connectivity index (χ4v) is 13.1. The van der Waals surface area contributed by atoms with E-state index in [1.54, 1.807) is 0 Å². The van der Waals surface area contributed by atoms with Crippen LogP contribution in [0.25, 0.3) is 53.2 Å². The Balaban J connectivity index is 0.984. The zero-order chi connectivity index (χ0) is 41.9. The Labute approximate surface area is 376 Å². The Bertz CT molecular complexity index is 3660. The molecule has 64 heavy (non-hydrogen) atoms. The molecule has 1 nitrogen and oxygen atoms in total. The average molecular weight is 833 g/mol. The maximum absolute atomic E-state index is 6.77. The lowest BCUT2D eigenvalue weighted by molar-refractivity contribution is 0.437. The van der Waals surface area contributed by atoms with Crippen LogP contribution in [0.3, 0.4) is 0 Å². The van der Waals surface area contributed by atoms with Crippen molar-refractivity contribution in [2.45, 2.75) is 23.7 Å². The third-order valence-corrected chi connectivity index (χ3v) is 15.7. The van der Waals surface area contributed by atoms with Crippen LogP contribution in [0.15, 0.2) is 218 Å². The van der Waals surface area contributed by atoms with Crippen molar-refractivity contribution in [2.24, 2.45) is 0 Å². The zero-order valence-corrected chi connectivity index (χ0v) is 35.8. The molecule has 14 rings (SSSR count). The number of fused-ring (bicyclic) bond motifs is 17. The summed E-state index contributed by atoms with van der Waals surface area (Å²) in [5.41, 5.74) is 17.9. The van der Waals surface area contributed by atoms with E-state index in [1.807, 2.05) is 11.3 Å². The lowest BCUT2D eigenvalue weighted by Gasteiger charge is -2.40. The SMILES string of the molecule is c1ccc(C2c3ccccc3-c3cc(C(Cc4ccc5c(c4)C4(c6ccccc6Oc6ccccc64)c4c-5ccc5ccccc45)c4ccc5c(c4)sc4ccccc45)ccc32)cc1. The summed E-state index contributed by atoms with van der Waals surface area (Å²) < 4.78 is 9.44. The molecule has 0 bridgehead atoms. The molecular formula is C62H40OS. The molecule has 0 saturated carbocycles. The van der Waals surface area contributed by atoms with E-state index in [0.717, 1.165) is 17.9 Å². The maximum Gasteiger partial charge on any atom is 0.132 e. The van der Waals surface area contributed by atoms with Gasteiger partial charge in [-0.3, -0.25) is 0 Å². The molecule has 0 amide bonds. The lowest BCUT2D eigenvalue weighted by Crippen LogP contribution is -2.32. The van der Waals surface area contributed by atoms with Gasteiger partial charge in [0.1, 0.15) is 11.5 Å². The van der Waals surface area contributed by atoms with Crippen LogP contribution in [0.2, 0.25) is 0 Å². The topological polar surface area (TPSA) is 9.23 Å². The number of thiophene rings is 1. The van der Waals surface area contributed by atoms with Gasteiger partial charge in [-0.05, 0) is 108 Å². The van der Waals surface area contributed by atoms with Crippen molar-refractivity contribution in [1.82, 2.24) is 0 Å². The number of hydrogen-bond acceptors (Lipinski definition) is 2. The predicted octanol–water partition coefficient (Wildman–Crippen LogP) is 16.2. The van der Waals surface area contributed by atoms with Crippen molar-refractivity contribution in [1.29, 1.82) is 0 Å². The number of para-hydroxylation sites is 2. The van der Waals surface area contributed by atoms with Gasteiger partial charge in [0.2, 0.25) is 0 Å². The molecule has 2 unspecified atom stereocenters. The van der Waals surface area contributed by atoms with Crippen LogP contribution in [0.5, 0.6) is 11.5 Å². The van der Waals surface area contributed by atoms with Gasteiger partial charge in [0.25, 0.3) is 0 Å². The van der Waals surface area contributed by atoms with E-state index in [0.29, 0.717) is 0 Å². The van der Waals surface area contributed by atoms with E-state index in [1.165, 1.54) is 109 Å². The standard InChI is InChI=1S/C62H40OS/c1-2-15-40(16-3-1)60-48-20-7-6-18-44(48)52-36-41(29-32-49(52)60)51(42-28-31-47-46-19-8-13-25-58(46)64-59(47)37-42)34-38-26-30-45-50-33-27-39-14-4-5-17-43(39)61(50)62(55(45)35-38)53-21-9-11-23-56(53)63-57-24-12-10-22-54(57)62/h1-33,35-37,51,60H,34H2. The molecule has 0 radical (unpaired) electrons. The Morgan fingerprint density at radius 1 is 0.438 bits per heavy atom. The minimum Gasteiger partial charge on any atom is -0.457 e. The summed E-state index contributed by atoms with van der Waals surface area (Å²) in [4.78, 5) is 0. The predicted molar refractivity (Wildman–Crippen MR) is 265 cm³/mol. The van der Waals surface area contributed by atoms with Gasteiger partial charge in [0.05, 0.1) is 5.41 Å². The van der Waals surface area contributed by atoms with Gasteiger partial charge < -0.3 is 4.74 Å². The summed E-state index contributed by atoms with van der Waals surface area (Å²) in [6.45, 7) is 0. The Kier molecular flexibility index (Phi) is 7.73. The summed E-state index contributed by atoms with van der Waals surface area (Å²) >= 11 is 1.90. The van der Waals surface area contributed by atoms with Gasteiger partial charge in [-0.25, -0.2) is 0 Å². The van der Waals surface area contributed by atoms with E-state index in [2.05, 4.69) is 218 Å². The second-order valence-electron chi connectivity index (χ2n) is 17.8. The average Bonchev–Trinajstić information content (AvgIpc) is 3.99. The fourth-order valence-electron chi connectivity index (χ4n) is 11.9. The smallest absolute Gasteiger partial charge is 0.132 e. The van der Waals surface area contributed by atoms with Crippen LogP contribution < -0.4 is 4.74 Å². The normalized spacial score (nSPS) is 15.3. The highest BCUT2D eigenvalue weighted by Crippen LogP contribution is 2.63. The highest BCUT2D eigenvalue weighted by molar-refractivity contribution is 7.25. The van der Waals surface area contributed by atoms with Crippen molar-refractivity contribution in [3.63, 3.8) is 0 Å². The largest absolute Gasteiger partial charge is 0.457 e. The third-order valence-electron chi connectivity index (χ3n) is 14.6. The number of ether oxygens (including phenoxy) is 1. The molecule has 2 heteroatoms. The first-order valence-electron chi connectivity index (χ1n) is 22.4. The van der Waals surface area contributed by atoms with Crippen molar-refractivity contribution in [3.05, 3.63) is 274 Å². The molecule has 300 valence electrons. The summed E-state index contributed by atoms with van der Waals surface area (Å²) in [5.74, 6) is 2.15. The molecule has 2 atom stereocenters. The summed E-state index contributed by atoms with van der Waals surface area (Å²) in [6.07, 6.45) is 0.846. The van der Waals surface area contributed by atoms with E-state index in [9.17, 15) is 0 Å². The third kappa shape index (κ3) is 5.06. The molecule has 1 aromatic heterocycles. The monoisotopic (exact) mass is 832 g/mol. The second kappa shape index (κ2) is 13.7. The Morgan fingerprint density at radius 3 is 1.95 bits per heavy atom. The van der Waals surface area contributed by atoms with E-state index < -0.39 is 5.41 Å². The second-order valence-corrected chi connectivity index (χ2v) is 18.9. The molecule has 11 aromatic rings. The molecule has 2 aliphatic carbocycles. The van der Waals surface area contributed by atoms with E-state index in [-0.39, 0.29) is 11.8 Å². The summed E-state index contributed by atoms with van der Waals surface area (Å²) in [6, 6.07) is 82.0. The first-order valence-corrected chi connectivity index (χ1v) is 23.3. The number of hydrogen-bond donors (Lipinski definition) is 0. The van der Waals surface area contributed by atoms with Gasteiger partial charge in [0.15, 0.2) is 0 Å². The first kappa shape index (κ1) is 36.0. The number of rotatable bonds is 5. The molecule has 1 aliphatic heterocycles. The highest BCUT2D eigenvalue weighted by atomic mass is 32.1. The first-order chi connectivity index (χ1) is 31.7. The Morgan fingerprint density at radius 2 is 1.09 bits per heavy atom. The summed E-state index contributed by atoms with van der Waals surface area (Å²) in [7, 11) is 0. The molecule has 1 spiro atoms. The van der Waals surface area contributed by atoms with Crippen molar-refractivity contribution >= 4 is 42.3 Å². The number of benzene rings is 10. The van der Waals surface area contributed by atoms with Crippen LogP contribution in [-0.2, 0) is 11.8 Å². The fraction of sp³-hybridized carbons (Fsp3) is 0.0645. The van der Waals surface area contributed by atoms with Gasteiger partial charge in [-0.15, -0.1) is 11.3 Å². The van der Waals surface area contributed by atoms with Crippen LogP contribution in [-0.4, -0.2) is 0 Å². The quantitative estimate of drug-likeness (QED) is 0.168. The van der Waals surface area contributed by atoms with Crippen LogP contribution >= 0.6 is 11.3 Å². The minimum absolute atomic E-state index is 0.107. The van der Waals surface area contributed by atoms with E-state index >= 15 is 0 Å². The minimum atomic E-state index is -0.567. The molecular weight excluding hydrogens is 793 g/mol. The lowest BCUT2D eigenvalue weighted by atomic mass is 9.65. The molecule has 0 N–H and O–H groups in total. The van der Waals surface area contributed by atoms with Crippen LogP contribution in [0.1, 0.15) is 67.5 Å². The highest BCUT2D eigenvalue weighted by Gasteiger charge is 2.52. The molecule has 3 aliphatic rings. The van der Waals surface area contributed by atoms with Gasteiger partial charge in [0, 0.05) is 43.1 Å². The molecule has 10 aromatic carbocycles. The van der Waals surface area contributed by atoms with Crippen molar-refractivity contribution in [2.75, 3.05) is 0 Å². The van der Waals surface area contributed by atoms with Gasteiger partial charge in [-0.2, -0.15) is 0 Å². The van der Waals surface area contributed by atoms with Crippen molar-refractivity contribution < 1.29 is 4.74 Å². The molecule has 0 fully saturated rings. The molecule has 2 heterocycles. The van der Waals surface area contributed by atoms with Crippen LogP contribution in [0.4, 0.5) is 0 Å².